The van der Waals surface area contributed by atoms with E-state index >= 15 is 0 Å². The number of benzene rings is 3. The van der Waals surface area contributed by atoms with E-state index in [4.69, 9.17) is 14.2 Å². The summed E-state index contributed by atoms with van der Waals surface area (Å²) in [6.45, 7) is 6.17. The highest BCUT2D eigenvalue weighted by Crippen LogP contribution is 2.35. The summed E-state index contributed by atoms with van der Waals surface area (Å²) < 4.78 is 18.6. The average molecular weight is 529 g/mol. The fraction of sp³-hybridized carbons (Fsp3) is 0.233. The number of nitrogens with zero attached hydrogens (tertiary/aromatic N) is 2. The van der Waals surface area contributed by atoms with Crippen LogP contribution in [0.3, 0.4) is 0 Å². The molecule has 0 N–H and O–H groups in total. The zero-order chi connectivity index (χ0) is 26.8. The Morgan fingerprint density at radius 1 is 1.05 bits per heavy atom. The van der Waals surface area contributed by atoms with Gasteiger partial charge in [-0.05, 0) is 60.9 Å². The van der Waals surface area contributed by atoms with E-state index in [-0.39, 0.29) is 12.2 Å². The Morgan fingerprint density at radius 3 is 2.61 bits per heavy atom. The van der Waals surface area contributed by atoms with E-state index in [1.807, 2.05) is 73.7 Å². The molecule has 1 aliphatic rings. The van der Waals surface area contributed by atoms with Crippen LogP contribution < -0.4 is 24.4 Å². The molecule has 1 aliphatic heterocycles. The third-order valence-corrected chi connectivity index (χ3v) is 7.40. The number of methoxy groups -OCH3 is 1. The molecule has 5 rings (SSSR count). The average Bonchev–Trinajstić information content (AvgIpc) is 3.22. The molecule has 0 fully saturated rings. The summed E-state index contributed by atoms with van der Waals surface area (Å²) in [7, 11) is 1.59. The smallest absolute Gasteiger partial charge is 0.338 e. The Kier molecular flexibility index (Phi) is 7.15. The normalized spacial score (nSPS) is 15.3. The van der Waals surface area contributed by atoms with Crippen molar-refractivity contribution in [2.24, 2.45) is 4.99 Å². The summed E-state index contributed by atoms with van der Waals surface area (Å²) in [5, 5.41) is 1.98. The first-order valence-electron chi connectivity index (χ1n) is 12.4. The molecule has 0 amide bonds. The van der Waals surface area contributed by atoms with Gasteiger partial charge in [0.1, 0.15) is 0 Å². The number of carbonyl (C=O) groups excluding carboxylic acids is 1. The van der Waals surface area contributed by atoms with Crippen molar-refractivity contribution in [2.75, 3.05) is 20.3 Å². The number of esters is 1. The first-order valence-corrected chi connectivity index (χ1v) is 13.3. The number of rotatable bonds is 7. The maximum absolute atomic E-state index is 14.0. The molecule has 0 spiro atoms. The minimum atomic E-state index is -0.673. The summed E-state index contributed by atoms with van der Waals surface area (Å²) in [6.07, 6.45) is 1.81. The third kappa shape index (κ3) is 4.52. The van der Waals surface area contributed by atoms with Crippen molar-refractivity contribution < 1.29 is 19.0 Å². The van der Waals surface area contributed by atoms with Crippen molar-refractivity contribution in [3.05, 3.63) is 103 Å². The van der Waals surface area contributed by atoms with Crippen molar-refractivity contribution >= 4 is 34.2 Å². The molecule has 0 saturated heterocycles. The predicted octanol–water partition coefficient (Wildman–Crippen LogP) is 4.36. The molecule has 4 aromatic rings. The maximum atomic E-state index is 14.0. The molecule has 2 heterocycles. The standard InChI is InChI=1S/C30H28N2O5S/c1-5-36-24-16-19(14-15-23(24)35-4)17-25-28(33)32-27(22-13-9-11-20-10-7-8-12-21(20)22)26(29(34)37-6-2)18(3)31-30(32)38-25/h7-17,27H,5-6H2,1-4H3/b25-17+/t27-/m1/s1. The summed E-state index contributed by atoms with van der Waals surface area (Å²) in [5.41, 5.74) is 2.32. The second-order valence-electron chi connectivity index (χ2n) is 8.71. The van der Waals surface area contributed by atoms with Crippen molar-refractivity contribution in [1.29, 1.82) is 0 Å². The Morgan fingerprint density at radius 2 is 1.84 bits per heavy atom. The lowest BCUT2D eigenvalue weighted by atomic mass is 9.91. The van der Waals surface area contributed by atoms with Gasteiger partial charge in [-0.1, -0.05) is 59.9 Å². The van der Waals surface area contributed by atoms with E-state index in [2.05, 4.69) is 4.99 Å². The topological polar surface area (TPSA) is 79.1 Å². The summed E-state index contributed by atoms with van der Waals surface area (Å²) in [6, 6.07) is 18.7. The highest BCUT2D eigenvalue weighted by Gasteiger charge is 2.34. The van der Waals surface area contributed by atoms with E-state index < -0.39 is 12.0 Å². The molecule has 194 valence electrons. The van der Waals surface area contributed by atoms with Crippen LogP contribution in [0.2, 0.25) is 0 Å². The van der Waals surface area contributed by atoms with Gasteiger partial charge in [-0.15, -0.1) is 0 Å². The van der Waals surface area contributed by atoms with Gasteiger partial charge in [0.15, 0.2) is 16.3 Å². The van der Waals surface area contributed by atoms with Gasteiger partial charge >= 0.3 is 5.97 Å². The van der Waals surface area contributed by atoms with Crippen molar-refractivity contribution in [3.63, 3.8) is 0 Å². The third-order valence-electron chi connectivity index (χ3n) is 6.42. The predicted molar refractivity (Wildman–Crippen MR) is 149 cm³/mol. The number of ether oxygens (including phenoxy) is 3. The maximum Gasteiger partial charge on any atom is 0.338 e. The van der Waals surface area contributed by atoms with Gasteiger partial charge in [0.25, 0.3) is 5.56 Å². The van der Waals surface area contributed by atoms with Crippen LogP contribution in [0, 0.1) is 0 Å². The van der Waals surface area contributed by atoms with E-state index in [9.17, 15) is 9.59 Å². The van der Waals surface area contributed by atoms with Crippen LogP contribution in [0.1, 0.15) is 37.9 Å². The molecule has 38 heavy (non-hydrogen) atoms. The van der Waals surface area contributed by atoms with Gasteiger partial charge in [0.2, 0.25) is 0 Å². The Balaban J connectivity index is 1.75. The van der Waals surface area contributed by atoms with E-state index in [1.165, 1.54) is 11.3 Å². The minimum Gasteiger partial charge on any atom is -0.493 e. The summed E-state index contributed by atoms with van der Waals surface area (Å²) >= 11 is 1.29. The largest absolute Gasteiger partial charge is 0.493 e. The molecule has 3 aromatic carbocycles. The molecule has 1 atom stereocenters. The SMILES string of the molecule is CCOC(=O)C1=C(C)N=c2s/c(=C/c3ccc(OC)c(OCC)c3)c(=O)n2[C@@H]1c1cccc2ccccc12. The lowest BCUT2D eigenvalue weighted by Crippen LogP contribution is -2.40. The zero-order valence-corrected chi connectivity index (χ0v) is 22.5. The second kappa shape index (κ2) is 10.7. The van der Waals surface area contributed by atoms with E-state index in [0.717, 1.165) is 21.9 Å². The van der Waals surface area contributed by atoms with Crippen LogP contribution in [0.5, 0.6) is 11.5 Å². The fourth-order valence-electron chi connectivity index (χ4n) is 4.78. The van der Waals surface area contributed by atoms with Gasteiger partial charge in [-0.25, -0.2) is 9.79 Å². The minimum absolute atomic E-state index is 0.224. The number of hydrogen-bond acceptors (Lipinski definition) is 7. The molecule has 7 nitrogen and oxygen atoms in total. The number of fused-ring (bicyclic) bond motifs is 2. The van der Waals surface area contributed by atoms with Gasteiger partial charge in [0.05, 0.1) is 42.2 Å². The van der Waals surface area contributed by atoms with Crippen molar-refractivity contribution in [2.45, 2.75) is 26.8 Å². The lowest BCUT2D eigenvalue weighted by molar-refractivity contribution is -0.139. The lowest BCUT2D eigenvalue weighted by Gasteiger charge is -2.25. The molecule has 0 bridgehead atoms. The molecule has 1 aromatic heterocycles. The van der Waals surface area contributed by atoms with Crippen molar-refractivity contribution in [1.82, 2.24) is 4.57 Å². The number of allylic oxidation sites excluding steroid dienone is 1. The van der Waals surface area contributed by atoms with Gasteiger partial charge in [0, 0.05) is 0 Å². The summed E-state index contributed by atoms with van der Waals surface area (Å²) in [4.78, 5) is 32.4. The molecule has 0 aliphatic carbocycles. The van der Waals surface area contributed by atoms with Crippen molar-refractivity contribution in [3.8, 4) is 11.5 Å². The van der Waals surface area contributed by atoms with Gasteiger partial charge < -0.3 is 14.2 Å². The van der Waals surface area contributed by atoms with Gasteiger partial charge in [-0.2, -0.15) is 0 Å². The molecule has 0 radical (unpaired) electrons. The first kappa shape index (κ1) is 25.5. The molecular formula is C30H28N2O5S. The number of aromatic nitrogens is 1. The van der Waals surface area contributed by atoms with Gasteiger partial charge in [-0.3, -0.25) is 9.36 Å². The van der Waals surface area contributed by atoms with E-state index in [0.29, 0.717) is 38.7 Å². The van der Waals surface area contributed by atoms with Crippen LogP contribution >= 0.6 is 11.3 Å². The quantitative estimate of drug-likeness (QED) is 0.333. The monoisotopic (exact) mass is 528 g/mol. The van der Waals surface area contributed by atoms with E-state index in [1.54, 1.807) is 25.5 Å². The molecule has 8 heteroatoms. The highest BCUT2D eigenvalue weighted by molar-refractivity contribution is 7.07. The zero-order valence-electron chi connectivity index (χ0n) is 21.7. The molecule has 0 saturated carbocycles. The summed E-state index contributed by atoms with van der Waals surface area (Å²) in [5.74, 6) is 0.749. The number of hydrogen-bond donors (Lipinski definition) is 0. The Labute approximate surface area is 223 Å². The van der Waals surface area contributed by atoms with Crippen LogP contribution in [-0.2, 0) is 9.53 Å². The van der Waals surface area contributed by atoms with Crippen LogP contribution in [0.25, 0.3) is 16.8 Å². The number of thiazole rings is 1. The highest BCUT2D eigenvalue weighted by atomic mass is 32.1. The fourth-order valence-corrected chi connectivity index (χ4v) is 5.82. The molecule has 0 unspecified atom stereocenters. The van der Waals surface area contributed by atoms with Crippen LogP contribution in [0.15, 0.2) is 81.7 Å². The van der Waals surface area contributed by atoms with Crippen LogP contribution in [-0.4, -0.2) is 30.9 Å². The van der Waals surface area contributed by atoms with Crippen LogP contribution in [0.4, 0.5) is 0 Å². The Hall–Kier alpha value is -4.17. The number of carbonyl (C=O) groups is 1. The molecular weight excluding hydrogens is 500 g/mol. The Bertz CT molecular complexity index is 1740. The second-order valence-corrected chi connectivity index (χ2v) is 9.72. The first-order chi connectivity index (χ1) is 18.5.